The standard InChI is InChI=1S/C31H30N2O6/c1-20-3-9-24(10-4-20)38-18-30(36)32-26-13-7-22(16-28(26)34)15-23-8-14-27(29(35)17-23)33-31(37)19-39-25-11-5-21(2)6-12-25/h3-14,16-17,34-35H,15,18-19H2,1-2H3,(H,32,36)(H,33,37). The van der Waals surface area contributed by atoms with Crippen LogP contribution < -0.4 is 20.1 Å². The van der Waals surface area contributed by atoms with Crippen LogP contribution in [0.5, 0.6) is 23.0 Å². The summed E-state index contributed by atoms with van der Waals surface area (Å²) in [4.78, 5) is 24.5. The molecule has 0 aromatic heterocycles. The van der Waals surface area contributed by atoms with E-state index in [1.54, 1.807) is 60.7 Å². The fourth-order valence-electron chi connectivity index (χ4n) is 3.76. The highest BCUT2D eigenvalue weighted by atomic mass is 16.5. The predicted molar refractivity (Wildman–Crippen MR) is 150 cm³/mol. The molecule has 4 rings (SSSR count). The van der Waals surface area contributed by atoms with Gasteiger partial charge in [0.05, 0.1) is 11.4 Å². The summed E-state index contributed by atoms with van der Waals surface area (Å²) >= 11 is 0. The lowest BCUT2D eigenvalue weighted by Crippen LogP contribution is -2.20. The number of hydrogen-bond donors (Lipinski definition) is 4. The highest BCUT2D eigenvalue weighted by Gasteiger charge is 2.11. The van der Waals surface area contributed by atoms with Crippen LogP contribution in [0.4, 0.5) is 11.4 Å². The van der Waals surface area contributed by atoms with Crippen molar-refractivity contribution in [2.75, 3.05) is 23.8 Å². The van der Waals surface area contributed by atoms with E-state index in [2.05, 4.69) is 10.6 Å². The molecule has 0 spiro atoms. The zero-order valence-corrected chi connectivity index (χ0v) is 21.7. The minimum Gasteiger partial charge on any atom is -0.506 e. The Labute approximate surface area is 226 Å². The molecule has 2 amide bonds. The van der Waals surface area contributed by atoms with Gasteiger partial charge in [0.25, 0.3) is 11.8 Å². The van der Waals surface area contributed by atoms with Crippen molar-refractivity contribution in [3.05, 3.63) is 107 Å². The van der Waals surface area contributed by atoms with Crippen LogP contribution in [0.15, 0.2) is 84.9 Å². The molecular weight excluding hydrogens is 496 g/mol. The topological polar surface area (TPSA) is 117 Å². The molecule has 200 valence electrons. The molecule has 0 aliphatic carbocycles. The lowest BCUT2D eigenvalue weighted by atomic mass is 10.0. The number of rotatable bonds is 10. The number of aromatic hydroxyl groups is 2. The van der Waals surface area contributed by atoms with Gasteiger partial charge in [0.2, 0.25) is 0 Å². The van der Waals surface area contributed by atoms with Gasteiger partial charge >= 0.3 is 0 Å². The van der Waals surface area contributed by atoms with Crippen molar-refractivity contribution in [3.63, 3.8) is 0 Å². The smallest absolute Gasteiger partial charge is 0.262 e. The Bertz CT molecular complexity index is 1340. The van der Waals surface area contributed by atoms with E-state index in [4.69, 9.17) is 9.47 Å². The van der Waals surface area contributed by atoms with Crippen LogP contribution in [0.2, 0.25) is 0 Å². The summed E-state index contributed by atoms with van der Waals surface area (Å²) in [6.07, 6.45) is 0.413. The minimum absolute atomic E-state index is 0.0853. The number of benzene rings is 4. The van der Waals surface area contributed by atoms with Crippen molar-refractivity contribution in [3.8, 4) is 23.0 Å². The van der Waals surface area contributed by atoms with Gasteiger partial charge in [-0.2, -0.15) is 0 Å². The zero-order chi connectivity index (χ0) is 27.8. The second-order valence-electron chi connectivity index (χ2n) is 9.18. The van der Waals surface area contributed by atoms with Gasteiger partial charge in [-0.1, -0.05) is 47.5 Å². The molecule has 4 aromatic rings. The van der Waals surface area contributed by atoms with Crippen molar-refractivity contribution in [1.29, 1.82) is 0 Å². The number of hydrogen-bond acceptors (Lipinski definition) is 6. The number of phenols is 2. The van der Waals surface area contributed by atoms with E-state index in [0.29, 0.717) is 17.9 Å². The molecule has 0 saturated carbocycles. The highest BCUT2D eigenvalue weighted by Crippen LogP contribution is 2.29. The third kappa shape index (κ3) is 8.00. The van der Waals surface area contributed by atoms with Gasteiger partial charge in [0.15, 0.2) is 13.2 Å². The molecule has 4 aromatic carbocycles. The average molecular weight is 527 g/mol. The molecule has 0 radical (unpaired) electrons. The maximum Gasteiger partial charge on any atom is 0.262 e. The van der Waals surface area contributed by atoms with Crippen LogP contribution >= 0.6 is 0 Å². The summed E-state index contributed by atoms with van der Waals surface area (Å²) in [5.74, 6) is 0.200. The van der Waals surface area contributed by atoms with E-state index in [9.17, 15) is 19.8 Å². The van der Waals surface area contributed by atoms with E-state index in [-0.39, 0.29) is 36.1 Å². The van der Waals surface area contributed by atoms with E-state index in [1.807, 2.05) is 38.1 Å². The maximum atomic E-state index is 12.2. The molecule has 0 fully saturated rings. The Morgan fingerprint density at radius 2 is 1.00 bits per heavy atom. The SMILES string of the molecule is Cc1ccc(OCC(=O)Nc2ccc(Cc3ccc(NC(=O)COc4ccc(C)cc4)c(O)c3)cc2O)cc1. The summed E-state index contributed by atoms with van der Waals surface area (Å²) in [6, 6.07) is 24.6. The molecule has 0 aliphatic rings. The van der Waals surface area contributed by atoms with Crippen LogP contribution in [0.1, 0.15) is 22.3 Å². The second kappa shape index (κ2) is 12.5. The first-order valence-electron chi connectivity index (χ1n) is 12.4. The largest absolute Gasteiger partial charge is 0.506 e. The second-order valence-corrected chi connectivity index (χ2v) is 9.18. The summed E-state index contributed by atoms with van der Waals surface area (Å²) < 4.78 is 10.9. The number of anilines is 2. The van der Waals surface area contributed by atoms with Gasteiger partial charge in [0.1, 0.15) is 23.0 Å². The number of nitrogens with one attached hydrogen (secondary N) is 2. The van der Waals surface area contributed by atoms with E-state index < -0.39 is 11.8 Å². The number of carbonyl (C=O) groups is 2. The van der Waals surface area contributed by atoms with Crippen molar-refractivity contribution >= 4 is 23.2 Å². The summed E-state index contributed by atoms with van der Waals surface area (Å²) in [7, 11) is 0. The van der Waals surface area contributed by atoms with Crippen LogP contribution in [0.25, 0.3) is 0 Å². The van der Waals surface area contributed by atoms with Crippen molar-refractivity contribution in [1.82, 2.24) is 0 Å². The third-order valence-corrected chi connectivity index (χ3v) is 5.86. The maximum absolute atomic E-state index is 12.2. The van der Waals surface area contributed by atoms with Gasteiger partial charge < -0.3 is 30.3 Å². The van der Waals surface area contributed by atoms with Crippen LogP contribution in [0, 0.1) is 13.8 Å². The Kier molecular flexibility index (Phi) is 8.68. The number of aryl methyl sites for hydroxylation is 2. The molecule has 0 heterocycles. The Hall–Kier alpha value is -4.98. The van der Waals surface area contributed by atoms with E-state index in [1.165, 1.54) is 0 Å². The first-order chi connectivity index (χ1) is 18.7. The van der Waals surface area contributed by atoms with Crippen LogP contribution in [-0.4, -0.2) is 35.2 Å². The molecule has 0 bridgehead atoms. The van der Waals surface area contributed by atoms with Crippen molar-refractivity contribution in [2.45, 2.75) is 20.3 Å². The van der Waals surface area contributed by atoms with Crippen LogP contribution in [-0.2, 0) is 16.0 Å². The van der Waals surface area contributed by atoms with Gasteiger partial charge in [-0.25, -0.2) is 0 Å². The zero-order valence-electron chi connectivity index (χ0n) is 21.7. The van der Waals surface area contributed by atoms with Gasteiger partial charge in [0, 0.05) is 0 Å². The highest BCUT2D eigenvalue weighted by molar-refractivity contribution is 5.94. The Balaban J connectivity index is 1.28. The lowest BCUT2D eigenvalue weighted by molar-refractivity contribution is -0.118. The number of carbonyl (C=O) groups excluding carboxylic acids is 2. The third-order valence-electron chi connectivity index (χ3n) is 5.86. The van der Waals surface area contributed by atoms with Crippen molar-refractivity contribution < 1.29 is 29.3 Å². The van der Waals surface area contributed by atoms with E-state index in [0.717, 1.165) is 22.3 Å². The van der Waals surface area contributed by atoms with Gasteiger partial charge in [-0.05, 0) is 79.9 Å². The normalized spacial score (nSPS) is 10.5. The molecule has 0 aliphatic heterocycles. The first kappa shape index (κ1) is 27.1. The molecule has 0 atom stereocenters. The van der Waals surface area contributed by atoms with Gasteiger partial charge in [-0.15, -0.1) is 0 Å². The molecular formula is C31H30N2O6. The average Bonchev–Trinajstić information content (AvgIpc) is 2.91. The first-order valence-corrected chi connectivity index (χ1v) is 12.4. The monoisotopic (exact) mass is 526 g/mol. The fraction of sp³-hybridized carbons (Fsp3) is 0.161. The number of ether oxygens (including phenoxy) is 2. The fourth-order valence-corrected chi connectivity index (χ4v) is 3.76. The van der Waals surface area contributed by atoms with Gasteiger partial charge in [-0.3, -0.25) is 9.59 Å². The summed E-state index contributed by atoms with van der Waals surface area (Å²) in [5, 5.41) is 26.1. The summed E-state index contributed by atoms with van der Waals surface area (Å²) in [5.41, 5.74) is 4.26. The molecule has 8 heteroatoms. The quantitative estimate of drug-likeness (QED) is 0.207. The minimum atomic E-state index is -0.398. The molecule has 39 heavy (non-hydrogen) atoms. The Morgan fingerprint density at radius 3 is 1.36 bits per heavy atom. The molecule has 0 unspecified atom stereocenters. The van der Waals surface area contributed by atoms with Crippen molar-refractivity contribution in [2.24, 2.45) is 0 Å². The molecule has 4 N–H and O–H groups in total. The van der Waals surface area contributed by atoms with Crippen LogP contribution in [0.3, 0.4) is 0 Å². The number of amides is 2. The lowest BCUT2D eigenvalue weighted by Gasteiger charge is -2.12. The predicted octanol–water partition coefficient (Wildman–Crippen LogP) is 5.34. The Morgan fingerprint density at radius 1 is 0.615 bits per heavy atom. The summed E-state index contributed by atoms with van der Waals surface area (Å²) in [6.45, 7) is 3.55. The van der Waals surface area contributed by atoms with E-state index >= 15 is 0 Å². The number of phenolic OH excluding ortho intramolecular Hbond substituents is 2. The molecule has 8 nitrogen and oxygen atoms in total. The molecule has 0 saturated heterocycles.